The van der Waals surface area contributed by atoms with Crippen LogP contribution in [-0.2, 0) is 9.53 Å². The number of azo groups is 1. The zero-order valence-corrected chi connectivity index (χ0v) is 7.78. The van der Waals surface area contributed by atoms with Gasteiger partial charge in [-0.3, -0.25) is 0 Å². The molecule has 0 unspecified atom stereocenters. The molecule has 5 heteroatoms. The lowest BCUT2D eigenvalue weighted by molar-refractivity contribution is -0.138. The van der Waals surface area contributed by atoms with Crippen molar-refractivity contribution in [1.82, 2.24) is 0 Å². The number of nitrogens with zero attached hydrogens (tertiary/aromatic N) is 2. The highest BCUT2D eigenvalue weighted by atomic mass is 16.5. The number of hydrogen-bond acceptors (Lipinski definition) is 5. The molecule has 0 radical (unpaired) electrons. The van der Waals surface area contributed by atoms with E-state index in [-0.39, 0.29) is 18.0 Å². The molecule has 0 aromatic heterocycles. The van der Waals surface area contributed by atoms with Crippen molar-refractivity contribution in [3.8, 4) is 0 Å². The summed E-state index contributed by atoms with van der Waals surface area (Å²) in [4.78, 5) is 11.1. The molecule has 2 N–H and O–H groups in total. The van der Waals surface area contributed by atoms with Gasteiger partial charge in [-0.1, -0.05) is 6.58 Å². The summed E-state index contributed by atoms with van der Waals surface area (Å²) < 4.78 is 4.70. The summed E-state index contributed by atoms with van der Waals surface area (Å²) in [6.45, 7) is 5.40. The zero-order chi connectivity index (χ0) is 10.3. The third-order valence-electron chi connectivity index (χ3n) is 1.01. The number of esters is 1. The summed E-state index contributed by atoms with van der Waals surface area (Å²) in [6.07, 6.45) is 1.31. The van der Waals surface area contributed by atoms with Crippen molar-refractivity contribution in [2.24, 2.45) is 16.0 Å². The lowest BCUT2D eigenvalue weighted by Crippen LogP contribution is -2.07. The van der Waals surface area contributed by atoms with Crippen molar-refractivity contribution < 1.29 is 9.53 Å². The summed E-state index contributed by atoms with van der Waals surface area (Å²) in [5, 5.41) is 7.01. The van der Waals surface area contributed by atoms with Crippen LogP contribution in [-0.4, -0.2) is 19.6 Å². The van der Waals surface area contributed by atoms with E-state index >= 15 is 0 Å². The van der Waals surface area contributed by atoms with Crippen molar-refractivity contribution in [3.63, 3.8) is 0 Å². The highest BCUT2D eigenvalue weighted by Crippen LogP contribution is 2.02. The first kappa shape index (κ1) is 11.4. The van der Waals surface area contributed by atoms with Gasteiger partial charge in [-0.25, -0.2) is 4.79 Å². The van der Waals surface area contributed by atoms with Crippen molar-refractivity contribution in [2.45, 2.75) is 6.92 Å². The summed E-state index contributed by atoms with van der Waals surface area (Å²) in [5.41, 5.74) is 5.56. The maximum atomic E-state index is 11.1. The number of allylic oxidation sites excluding steroid dienone is 1. The van der Waals surface area contributed by atoms with E-state index in [0.29, 0.717) is 0 Å². The Morgan fingerprint density at radius 2 is 2.31 bits per heavy atom. The topological polar surface area (TPSA) is 77.0 Å². The second-order valence-corrected chi connectivity index (χ2v) is 2.12. The Balaban J connectivity index is 4.60. The number of ether oxygens (including phenoxy) is 1. The predicted molar refractivity (Wildman–Crippen MR) is 48.8 cm³/mol. The molecule has 0 aromatic rings. The minimum atomic E-state index is -0.556. The third-order valence-corrected chi connectivity index (χ3v) is 1.01. The van der Waals surface area contributed by atoms with Gasteiger partial charge in [0.15, 0.2) is 5.70 Å². The van der Waals surface area contributed by atoms with Crippen LogP contribution in [0.3, 0.4) is 0 Å². The minimum absolute atomic E-state index is 0.0526. The second-order valence-electron chi connectivity index (χ2n) is 2.12. The smallest absolute Gasteiger partial charge is 0.358 e. The van der Waals surface area contributed by atoms with Crippen molar-refractivity contribution in [3.05, 3.63) is 24.0 Å². The molecule has 0 saturated heterocycles. The van der Waals surface area contributed by atoms with Crippen molar-refractivity contribution >= 4 is 5.97 Å². The van der Waals surface area contributed by atoms with Crippen LogP contribution in [0.5, 0.6) is 0 Å². The molecule has 0 rings (SSSR count). The molecule has 0 fully saturated rings. The first-order valence-corrected chi connectivity index (χ1v) is 3.74. The van der Waals surface area contributed by atoms with Crippen LogP contribution in [0.2, 0.25) is 0 Å². The van der Waals surface area contributed by atoms with Gasteiger partial charge in [0.25, 0.3) is 0 Å². The Bertz CT molecular complexity index is 256. The van der Waals surface area contributed by atoms with Crippen molar-refractivity contribution in [2.75, 3.05) is 13.7 Å². The van der Waals surface area contributed by atoms with E-state index in [1.807, 2.05) is 0 Å². The SMILES string of the molecule is C=C(N)/C=C(\N=NC)C(=O)OCC. The lowest BCUT2D eigenvalue weighted by atomic mass is 10.3. The minimum Gasteiger partial charge on any atom is -0.461 e. The first-order chi connectivity index (χ1) is 6.11. The van der Waals surface area contributed by atoms with Gasteiger partial charge < -0.3 is 10.5 Å². The molecular formula is C8H13N3O2. The highest BCUT2D eigenvalue weighted by Gasteiger charge is 2.08. The predicted octanol–water partition coefficient (Wildman–Crippen LogP) is 0.988. The fraction of sp³-hybridized carbons (Fsp3) is 0.375. The fourth-order valence-electron chi connectivity index (χ4n) is 0.617. The van der Waals surface area contributed by atoms with E-state index in [4.69, 9.17) is 10.5 Å². The molecule has 0 atom stereocenters. The molecule has 0 heterocycles. The average molecular weight is 183 g/mol. The van der Waals surface area contributed by atoms with Gasteiger partial charge in [0.05, 0.1) is 6.61 Å². The Labute approximate surface area is 77.0 Å². The van der Waals surface area contributed by atoms with Gasteiger partial charge in [0.1, 0.15) is 0 Å². The van der Waals surface area contributed by atoms with Gasteiger partial charge in [0, 0.05) is 12.7 Å². The van der Waals surface area contributed by atoms with E-state index in [1.54, 1.807) is 6.92 Å². The molecule has 0 spiro atoms. The Hall–Kier alpha value is -1.65. The molecule has 13 heavy (non-hydrogen) atoms. The van der Waals surface area contributed by atoms with Crippen LogP contribution < -0.4 is 5.73 Å². The number of rotatable bonds is 4. The first-order valence-electron chi connectivity index (χ1n) is 3.74. The normalized spacial score (nSPS) is 11.7. The average Bonchev–Trinajstić information content (AvgIpc) is 2.03. The van der Waals surface area contributed by atoms with Crippen LogP contribution >= 0.6 is 0 Å². The molecule has 0 aliphatic carbocycles. The standard InChI is InChI=1S/C8H13N3O2/c1-4-13-8(12)7(11-10-3)5-6(2)9/h5H,2,4,9H2,1,3H3/b7-5-,11-10?. The highest BCUT2D eigenvalue weighted by molar-refractivity contribution is 5.88. The number of nitrogens with two attached hydrogens (primary N) is 1. The summed E-state index contributed by atoms with van der Waals surface area (Å²) in [6, 6.07) is 0. The van der Waals surface area contributed by atoms with E-state index < -0.39 is 5.97 Å². The van der Waals surface area contributed by atoms with E-state index in [1.165, 1.54) is 13.1 Å². The number of hydrogen-bond donors (Lipinski definition) is 1. The van der Waals surface area contributed by atoms with Crippen molar-refractivity contribution in [1.29, 1.82) is 0 Å². The largest absolute Gasteiger partial charge is 0.461 e. The van der Waals surface area contributed by atoms with Crippen LogP contribution in [0.4, 0.5) is 0 Å². The van der Waals surface area contributed by atoms with Gasteiger partial charge >= 0.3 is 5.97 Å². The van der Waals surface area contributed by atoms with Gasteiger partial charge in [-0.05, 0) is 13.0 Å². The molecular weight excluding hydrogens is 170 g/mol. The number of carbonyl (C=O) groups excluding carboxylic acids is 1. The quantitative estimate of drug-likeness (QED) is 0.305. The third kappa shape index (κ3) is 4.73. The Morgan fingerprint density at radius 3 is 2.69 bits per heavy atom. The van der Waals surface area contributed by atoms with Gasteiger partial charge in [-0.15, -0.1) is 5.11 Å². The maximum Gasteiger partial charge on any atom is 0.358 e. The molecule has 0 bridgehead atoms. The van der Waals surface area contributed by atoms with E-state index in [2.05, 4.69) is 16.8 Å². The fourth-order valence-corrected chi connectivity index (χ4v) is 0.617. The maximum absolute atomic E-state index is 11.1. The van der Waals surface area contributed by atoms with Crippen LogP contribution in [0, 0.1) is 0 Å². The summed E-state index contributed by atoms with van der Waals surface area (Å²) in [5.74, 6) is -0.556. The monoisotopic (exact) mass is 183 g/mol. The van der Waals surface area contributed by atoms with Crippen LogP contribution in [0.25, 0.3) is 0 Å². The lowest BCUT2D eigenvalue weighted by Gasteiger charge is -2.00. The molecule has 0 aliphatic heterocycles. The summed E-state index contributed by atoms with van der Waals surface area (Å²) in [7, 11) is 1.45. The van der Waals surface area contributed by atoms with Gasteiger partial charge in [-0.2, -0.15) is 5.11 Å². The molecule has 0 aromatic carbocycles. The van der Waals surface area contributed by atoms with Gasteiger partial charge in [0.2, 0.25) is 0 Å². The van der Waals surface area contributed by atoms with Crippen LogP contribution in [0.15, 0.2) is 34.3 Å². The van der Waals surface area contributed by atoms with E-state index in [0.717, 1.165) is 0 Å². The zero-order valence-electron chi connectivity index (χ0n) is 7.78. The molecule has 5 nitrogen and oxygen atoms in total. The Kier molecular flexibility index (Phi) is 5.18. The summed E-state index contributed by atoms with van der Waals surface area (Å²) >= 11 is 0. The van der Waals surface area contributed by atoms with Crippen LogP contribution in [0.1, 0.15) is 6.92 Å². The van der Waals surface area contributed by atoms with E-state index in [9.17, 15) is 4.79 Å². The second kappa shape index (κ2) is 5.93. The molecule has 0 amide bonds. The molecule has 0 saturated carbocycles. The molecule has 72 valence electrons. The number of carbonyl (C=O) groups is 1. The Morgan fingerprint density at radius 1 is 1.69 bits per heavy atom. The molecule has 0 aliphatic rings.